The molecular formula is C14H25N3S. The van der Waals surface area contributed by atoms with E-state index in [1.165, 1.54) is 43.1 Å². The van der Waals surface area contributed by atoms with Crippen LogP contribution in [0, 0.1) is 12.8 Å². The van der Waals surface area contributed by atoms with E-state index in [4.69, 9.17) is 0 Å². The molecule has 0 radical (unpaired) electrons. The molecule has 1 aromatic rings. The third kappa shape index (κ3) is 3.53. The molecule has 0 aromatic carbocycles. The van der Waals surface area contributed by atoms with E-state index < -0.39 is 0 Å². The summed E-state index contributed by atoms with van der Waals surface area (Å²) in [4.78, 5) is 7.21. The lowest BCUT2D eigenvalue weighted by Crippen LogP contribution is -2.36. The van der Waals surface area contributed by atoms with Crippen molar-refractivity contribution >= 4 is 11.3 Å². The Hall–Kier alpha value is -0.450. The van der Waals surface area contributed by atoms with Crippen LogP contribution < -0.4 is 5.32 Å². The molecular weight excluding hydrogens is 242 g/mol. The Morgan fingerprint density at radius 1 is 1.50 bits per heavy atom. The van der Waals surface area contributed by atoms with Gasteiger partial charge in [0.15, 0.2) is 0 Å². The number of rotatable bonds is 5. The lowest BCUT2D eigenvalue weighted by atomic mass is 9.92. The van der Waals surface area contributed by atoms with Crippen LogP contribution in [0.2, 0.25) is 0 Å². The Labute approximate surface area is 115 Å². The van der Waals surface area contributed by atoms with Crippen molar-refractivity contribution in [1.82, 2.24) is 15.2 Å². The zero-order chi connectivity index (χ0) is 13.0. The van der Waals surface area contributed by atoms with E-state index in [9.17, 15) is 0 Å². The van der Waals surface area contributed by atoms with Crippen LogP contribution in [0.25, 0.3) is 0 Å². The summed E-state index contributed by atoms with van der Waals surface area (Å²) < 4.78 is 0. The summed E-state index contributed by atoms with van der Waals surface area (Å²) in [5.74, 6) is 0.915. The molecule has 18 heavy (non-hydrogen) atoms. The first-order chi connectivity index (χ1) is 8.70. The van der Waals surface area contributed by atoms with Crippen molar-refractivity contribution in [3.05, 3.63) is 16.1 Å². The number of likely N-dealkylation sites (tertiary alicyclic amines) is 1. The van der Waals surface area contributed by atoms with Gasteiger partial charge in [0, 0.05) is 5.38 Å². The number of nitrogens with one attached hydrogen (secondary N) is 1. The summed E-state index contributed by atoms with van der Waals surface area (Å²) in [5.41, 5.74) is 1.26. The molecule has 0 amide bonds. The van der Waals surface area contributed by atoms with E-state index in [0.29, 0.717) is 6.04 Å². The van der Waals surface area contributed by atoms with Gasteiger partial charge in [0.05, 0.1) is 16.7 Å². The zero-order valence-electron chi connectivity index (χ0n) is 11.8. The van der Waals surface area contributed by atoms with Crippen molar-refractivity contribution in [3.63, 3.8) is 0 Å². The van der Waals surface area contributed by atoms with Crippen molar-refractivity contribution < 1.29 is 0 Å². The molecule has 2 heterocycles. The maximum atomic E-state index is 4.62. The quantitative estimate of drug-likeness (QED) is 0.889. The topological polar surface area (TPSA) is 28.2 Å². The van der Waals surface area contributed by atoms with Crippen molar-refractivity contribution in [2.45, 2.75) is 39.2 Å². The van der Waals surface area contributed by atoms with Crippen LogP contribution in [0.4, 0.5) is 0 Å². The predicted molar refractivity (Wildman–Crippen MR) is 78.1 cm³/mol. The molecule has 102 valence electrons. The second kappa shape index (κ2) is 6.64. The highest BCUT2D eigenvalue weighted by molar-refractivity contribution is 7.09. The second-order valence-corrected chi connectivity index (χ2v) is 6.40. The first-order valence-electron chi connectivity index (χ1n) is 7.01. The molecule has 1 fully saturated rings. The molecule has 1 aromatic heterocycles. The summed E-state index contributed by atoms with van der Waals surface area (Å²) >= 11 is 1.76. The first kappa shape index (κ1) is 14.0. The van der Waals surface area contributed by atoms with E-state index in [2.05, 4.69) is 34.4 Å². The van der Waals surface area contributed by atoms with Crippen molar-refractivity contribution in [3.8, 4) is 0 Å². The predicted octanol–water partition coefficient (Wildman–Crippen LogP) is 2.83. The van der Waals surface area contributed by atoms with Crippen LogP contribution in [-0.4, -0.2) is 36.6 Å². The van der Waals surface area contributed by atoms with Gasteiger partial charge in [0.25, 0.3) is 0 Å². The molecule has 2 rings (SSSR count). The van der Waals surface area contributed by atoms with Gasteiger partial charge in [-0.2, -0.15) is 0 Å². The molecule has 3 nitrogen and oxygen atoms in total. The molecule has 0 bridgehead atoms. The molecule has 1 aliphatic rings. The number of hydrogen-bond donors (Lipinski definition) is 1. The van der Waals surface area contributed by atoms with Crippen molar-refractivity contribution in [2.24, 2.45) is 5.92 Å². The fraction of sp³-hybridized carbons (Fsp3) is 0.786. The minimum absolute atomic E-state index is 0.486. The van der Waals surface area contributed by atoms with Gasteiger partial charge in [0.1, 0.15) is 0 Å². The van der Waals surface area contributed by atoms with E-state index in [-0.39, 0.29) is 0 Å². The van der Waals surface area contributed by atoms with Gasteiger partial charge < -0.3 is 5.32 Å². The fourth-order valence-corrected chi connectivity index (χ4v) is 3.44. The lowest BCUT2D eigenvalue weighted by molar-refractivity contribution is 0.136. The second-order valence-electron chi connectivity index (χ2n) is 5.34. The number of nitrogens with zero attached hydrogens (tertiary/aromatic N) is 2. The third-order valence-corrected chi connectivity index (χ3v) is 4.86. The van der Waals surface area contributed by atoms with Gasteiger partial charge in [-0.3, -0.25) is 4.90 Å². The number of piperidine rings is 1. The molecule has 1 saturated heterocycles. The third-order valence-electron chi connectivity index (χ3n) is 4.06. The van der Waals surface area contributed by atoms with E-state index >= 15 is 0 Å². The number of hydrogen-bond acceptors (Lipinski definition) is 4. The highest BCUT2D eigenvalue weighted by atomic mass is 32.1. The SMILES string of the molecule is CNCCC1CCN(C(C)c2csc(C)n2)CC1. The van der Waals surface area contributed by atoms with E-state index in [0.717, 1.165) is 12.5 Å². The molecule has 0 aliphatic carbocycles. The zero-order valence-corrected chi connectivity index (χ0v) is 12.6. The average molecular weight is 267 g/mol. The molecule has 4 heteroatoms. The summed E-state index contributed by atoms with van der Waals surface area (Å²) in [6, 6.07) is 0.486. The van der Waals surface area contributed by atoms with Gasteiger partial charge in [-0.1, -0.05) is 0 Å². The van der Waals surface area contributed by atoms with Crippen LogP contribution >= 0.6 is 11.3 Å². The van der Waals surface area contributed by atoms with E-state index in [1.807, 2.05) is 7.05 Å². The van der Waals surface area contributed by atoms with Crippen LogP contribution in [0.1, 0.15) is 42.9 Å². The van der Waals surface area contributed by atoms with Gasteiger partial charge in [-0.15, -0.1) is 11.3 Å². The summed E-state index contributed by atoms with van der Waals surface area (Å²) in [7, 11) is 2.04. The number of thiazole rings is 1. The van der Waals surface area contributed by atoms with Crippen LogP contribution in [0.3, 0.4) is 0 Å². The van der Waals surface area contributed by atoms with Crippen molar-refractivity contribution in [1.29, 1.82) is 0 Å². The Kier molecular flexibility index (Phi) is 5.15. The largest absolute Gasteiger partial charge is 0.320 e. The molecule has 0 saturated carbocycles. The maximum Gasteiger partial charge on any atom is 0.0898 e. The minimum atomic E-state index is 0.486. The standard InChI is InChI=1S/C14H25N3S/c1-11(14-10-18-12(2)16-14)17-8-5-13(6-9-17)4-7-15-3/h10-11,13,15H,4-9H2,1-3H3. The molecule has 1 atom stereocenters. The Balaban J connectivity index is 1.82. The normalized spacial score (nSPS) is 20.2. The van der Waals surface area contributed by atoms with E-state index in [1.54, 1.807) is 11.3 Å². The molecule has 1 N–H and O–H groups in total. The van der Waals surface area contributed by atoms with Crippen molar-refractivity contribution in [2.75, 3.05) is 26.7 Å². The van der Waals surface area contributed by atoms with Crippen LogP contribution in [0.15, 0.2) is 5.38 Å². The Morgan fingerprint density at radius 2 is 2.22 bits per heavy atom. The highest BCUT2D eigenvalue weighted by Crippen LogP contribution is 2.28. The Morgan fingerprint density at radius 3 is 2.78 bits per heavy atom. The lowest BCUT2D eigenvalue weighted by Gasteiger charge is -2.35. The maximum absolute atomic E-state index is 4.62. The minimum Gasteiger partial charge on any atom is -0.320 e. The number of aryl methyl sites for hydroxylation is 1. The molecule has 1 unspecified atom stereocenters. The average Bonchev–Trinajstić information content (AvgIpc) is 2.83. The van der Waals surface area contributed by atoms with Crippen LogP contribution in [-0.2, 0) is 0 Å². The summed E-state index contributed by atoms with van der Waals surface area (Å²) in [5, 5.41) is 6.65. The van der Waals surface area contributed by atoms with Gasteiger partial charge in [-0.05, 0) is 65.7 Å². The number of aromatic nitrogens is 1. The summed E-state index contributed by atoms with van der Waals surface area (Å²) in [6.45, 7) is 8.00. The van der Waals surface area contributed by atoms with Gasteiger partial charge >= 0.3 is 0 Å². The highest BCUT2D eigenvalue weighted by Gasteiger charge is 2.24. The Bertz CT molecular complexity index is 356. The summed E-state index contributed by atoms with van der Waals surface area (Å²) in [6.07, 6.45) is 4.01. The first-order valence-corrected chi connectivity index (χ1v) is 7.89. The molecule has 1 aliphatic heterocycles. The smallest absolute Gasteiger partial charge is 0.0898 e. The fourth-order valence-electron chi connectivity index (χ4n) is 2.74. The van der Waals surface area contributed by atoms with Gasteiger partial charge in [0.2, 0.25) is 0 Å². The monoisotopic (exact) mass is 267 g/mol. The van der Waals surface area contributed by atoms with Gasteiger partial charge in [-0.25, -0.2) is 4.98 Å². The molecule has 0 spiro atoms. The van der Waals surface area contributed by atoms with Crippen LogP contribution in [0.5, 0.6) is 0 Å².